The summed E-state index contributed by atoms with van der Waals surface area (Å²) in [5, 5.41) is 14.9. The smallest absolute Gasteiger partial charge is 0.224 e. The van der Waals surface area contributed by atoms with Crippen molar-refractivity contribution in [3.8, 4) is 0 Å². The fraction of sp³-hybridized carbons (Fsp3) is 0.458. The van der Waals surface area contributed by atoms with E-state index in [1.54, 1.807) is 6.20 Å². The van der Waals surface area contributed by atoms with Crippen molar-refractivity contribution in [1.82, 2.24) is 20.3 Å². The Balaban J connectivity index is 1.27. The van der Waals surface area contributed by atoms with Crippen molar-refractivity contribution in [2.75, 3.05) is 18.0 Å². The molecule has 1 amide bonds. The number of nitrogens with zero attached hydrogens (tertiary/aromatic N) is 3. The first-order chi connectivity index (χ1) is 15.0. The first-order valence-corrected chi connectivity index (χ1v) is 11.0. The second kappa shape index (κ2) is 7.64. The molecule has 31 heavy (non-hydrogen) atoms. The number of amides is 1. The number of H-pyrrole nitrogens is 1. The summed E-state index contributed by atoms with van der Waals surface area (Å²) < 4.78 is 0. The average molecular weight is 420 g/mol. The van der Waals surface area contributed by atoms with Gasteiger partial charge in [0.05, 0.1) is 11.7 Å². The monoisotopic (exact) mass is 419 g/mol. The number of carbonyl (C=O) groups is 1. The van der Waals surface area contributed by atoms with E-state index in [0.29, 0.717) is 5.69 Å². The molecule has 7 nitrogen and oxygen atoms in total. The molecule has 1 aliphatic carbocycles. The van der Waals surface area contributed by atoms with Crippen molar-refractivity contribution in [2.45, 2.75) is 45.3 Å². The maximum absolute atomic E-state index is 13.2. The summed E-state index contributed by atoms with van der Waals surface area (Å²) in [6.07, 6.45) is 7.63. The van der Waals surface area contributed by atoms with Crippen LogP contribution in [0.3, 0.4) is 0 Å². The van der Waals surface area contributed by atoms with E-state index in [1.807, 2.05) is 38.4 Å². The van der Waals surface area contributed by atoms with Gasteiger partial charge in [0.2, 0.25) is 5.91 Å². The van der Waals surface area contributed by atoms with Gasteiger partial charge in [-0.2, -0.15) is 0 Å². The van der Waals surface area contributed by atoms with Gasteiger partial charge < -0.3 is 20.3 Å². The van der Waals surface area contributed by atoms with Crippen LogP contribution in [0.2, 0.25) is 0 Å². The highest BCUT2D eigenvalue weighted by Gasteiger charge is 2.55. The zero-order valence-corrected chi connectivity index (χ0v) is 18.0. The molecule has 4 heterocycles. The molecule has 1 aliphatic heterocycles. The van der Waals surface area contributed by atoms with Crippen LogP contribution in [0.15, 0.2) is 42.9 Å². The van der Waals surface area contributed by atoms with Gasteiger partial charge >= 0.3 is 0 Å². The number of aryl methyl sites for hydroxylation is 1. The Morgan fingerprint density at radius 3 is 2.87 bits per heavy atom. The Hall–Kier alpha value is -2.93. The van der Waals surface area contributed by atoms with Crippen molar-refractivity contribution in [3.63, 3.8) is 0 Å². The maximum Gasteiger partial charge on any atom is 0.224 e. The second-order valence-electron chi connectivity index (χ2n) is 9.20. The van der Waals surface area contributed by atoms with Crippen LogP contribution >= 0.6 is 0 Å². The van der Waals surface area contributed by atoms with Crippen molar-refractivity contribution >= 4 is 22.6 Å². The number of pyridine rings is 2. The molecule has 5 rings (SSSR count). The van der Waals surface area contributed by atoms with Crippen LogP contribution < -0.4 is 10.2 Å². The van der Waals surface area contributed by atoms with Crippen molar-refractivity contribution in [3.05, 3.63) is 54.1 Å². The van der Waals surface area contributed by atoms with Crippen LogP contribution in [0.1, 0.15) is 43.5 Å². The molecule has 3 atom stereocenters. The highest BCUT2D eigenvalue weighted by atomic mass is 16.3. The molecule has 0 radical (unpaired) electrons. The Morgan fingerprint density at radius 1 is 1.29 bits per heavy atom. The molecule has 7 heteroatoms. The van der Waals surface area contributed by atoms with Gasteiger partial charge in [-0.25, -0.2) is 4.98 Å². The summed E-state index contributed by atoms with van der Waals surface area (Å²) in [5.74, 6) is 0.0326. The highest BCUT2D eigenvalue weighted by molar-refractivity contribution is 5.90. The summed E-state index contributed by atoms with van der Waals surface area (Å²) in [4.78, 5) is 27.5. The van der Waals surface area contributed by atoms with Gasteiger partial charge in [-0.1, -0.05) is 6.07 Å². The van der Waals surface area contributed by atoms with Crippen LogP contribution in [0.5, 0.6) is 0 Å². The standard InChI is InChI=1S/C24H29N5O2/c1-15-3-4-19(27-13-15)21(30)16(2)28-23(31)18-7-12-29(14-24(18)8-9-24)20-6-11-26-22-17(20)5-10-25-22/h3-6,10-11,13,16,18,21,30H,7-9,12,14H2,1-2H3,(H,25,26)(H,28,31)/t16-,18+,21-/m0/s1. The van der Waals surface area contributed by atoms with Crippen LogP contribution in [-0.2, 0) is 4.79 Å². The molecule has 0 aromatic carbocycles. The van der Waals surface area contributed by atoms with Crippen LogP contribution in [-0.4, -0.2) is 45.1 Å². The number of hydrogen-bond donors (Lipinski definition) is 3. The summed E-state index contributed by atoms with van der Waals surface area (Å²) in [5.41, 5.74) is 3.74. The molecule has 1 spiro atoms. The quantitative estimate of drug-likeness (QED) is 0.591. The number of anilines is 1. The number of aliphatic hydroxyl groups excluding tert-OH is 1. The largest absolute Gasteiger partial charge is 0.385 e. The lowest BCUT2D eigenvalue weighted by atomic mass is 9.81. The van der Waals surface area contributed by atoms with Crippen LogP contribution in [0, 0.1) is 18.3 Å². The number of aromatic nitrogens is 3. The summed E-state index contributed by atoms with van der Waals surface area (Å²) in [6.45, 7) is 5.52. The third-order valence-electron chi connectivity index (χ3n) is 7.00. The molecular weight excluding hydrogens is 390 g/mol. The Bertz CT molecular complexity index is 1090. The first kappa shape index (κ1) is 20.0. The minimum Gasteiger partial charge on any atom is -0.385 e. The predicted molar refractivity (Wildman–Crippen MR) is 120 cm³/mol. The number of carbonyl (C=O) groups excluding carboxylic acids is 1. The minimum atomic E-state index is -0.821. The molecule has 3 N–H and O–H groups in total. The van der Waals surface area contributed by atoms with Crippen molar-refractivity contribution < 1.29 is 9.90 Å². The first-order valence-electron chi connectivity index (χ1n) is 11.0. The van der Waals surface area contributed by atoms with Crippen LogP contribution in [0.25, 0.3) is 11.0 Å². The Kier molecular flexibility index (Phi) is 4.93. The summed E-state index contributed by atoms with van der Waals surface area (Å²) >= 11 is 0. The summed E-state index contributed by atoms with van der Waals surface area (Å²) in [6, 6.07) is 7.49. The zero-order chi connectivity index (χ0) is 21.6. The predicted octanol–water partition coefficient (Wildman–Crippen LogP) is 3.11. The SMILES string of the molecule is Cc1ccc([C@@H](O)[C@H](C)NC(=O)[C@H]2CCN(c3ccnc4[nH]ccc34)CC23CC3)nc1. The van der Waals surface area contributed by atoms with E-state index in [9.17, 15) is 9.90 Å². The lowest BCUT2D eigenvalue weighted by Crippen LogP contribution is -2.50. The van der Waals surface area contributed by atoms with E-state index >= 15 is 0 Å². The number of hydrogen-bond acceptors (Lipinski definition) is 5. The minimum absolute atomic E-state index is 0.0204. The van der Waals surface area contributed by atoms with E-state index in [2.05, 4.69) is 37.3 Å². The van der Waals surface area contributed by atoms with E-state index in [-0.39, 0.29) is 17.2 Å². The fourth-order valence-corrected chi connectivity index (χ4v) is 4.98. The molecule has 3 aromatic heterocycles. The second-order valence-corrected chi connectivity index (χ2v) is 9.20. The molecule has 1 saturated carbocycles. The number of aromatic amines is 1. The van der Waals surface area contributed by atoms with Gasteiger partial charge in [-0.15, -0.1) is 0 Å². The number of rotatable bonds is 5. The number of fused-ring (bicyclic) bond motifs is 1. The maximum atomic E-state index is 13.2. The average Bonchev–Trinajstić information content (AvgIpc) is 3.34. The number of aliphatic hydroxyl groups is 1. The highest BCUT2D eigenvalue weighted by Crippen LogP contribution is 2.56. The lowest BCUT2D eigenvalue weighted by Gasteiger charge is -2.40. The molecule has 1 saturated heterocycles. The third-order valence-corrected chi connectivity index (χ3v) is 7.00. The van der Waals surface area contributed by atoms with Crippen molar-refractivity contribution in [1.29, 1.82) is 0 Å². The third kappa shape index (κ3) is 3.67. The van der Waals surface area contributed by atoms with Gasteiger partial charge in [0.1, 0.15) is 11.8 Å². The van der Waals surface area contributed by atoms with E-state index < -0.39 is 12.1 Å². The van der Waals surface area contributed by atoms with Gasteiger partial charge in [-0.3, -0.25) is 9.78 Å². The molecule has 2 fully saturated rings. The van der Waals surface area contributed by atoms with Crippen LogP contribution in [0.4, 0.5) is 5.69 Å². The fourth-order valence-electron chi connectivity index (χ4n) is 4.98. The lowest BCUT2D eigenvalue weighted by molar-refractivity contribution is -0.129. The molecule has 3 aromatic rings. The van der Waals surface area contributed by atoms with Gasteiger partial charge in [0, 0.05) is 48.7 Å². The van der Waals surface area contributed by atoms with E-state index in [4.69, 9.17) is 0 Å². The molecular formula is C24H29N5O2. The Morgan fingerprint density at radius 2 is 2.13 bits per heavy atom. The molecule has 162 valence electrons. The van der Waals surface area contributed by atoms with Gasteiger partial charge in [-0.05, 0) is 62.3 Å². The molecule has 0 bridgehead atoms. The molecule has 2 aliphatic rings. The number of piperidine rings is 1. The van der Waals surface area contributed by atoms with E-state index in [1.165, 1.54) is 5.69 Å². The van der Waals surface area contributed by atoms with Crippen molar-refractivity contribution in [2.24, 2.45) is 11.3 Å². The normalized spacial score (nSPS) is 21.8. The number of nitrogens with one attached hydrogen (secondary N) is 2. The van der Waals surface area contributed by atoms with E-state index in [0.717, 1.165) is 48.9 Å². The molecule has 0 unspecified atom stereocenters. The van der Waals surface area contributed by atoms with Gasteiger partial charge in [0.25, 0.3) is 0 Å². The topological polar surface area (TPSA) is 94.1 Å². The van der Waals surface area contributed by atoms with Gasteiger partial charge in [0.15, 0.2) is 0 Å². The summed E-state index contributed by atoms with van der Waals surface area (Å²) in [7, 11) is 0. The Labute approximate surface area is 181 Å². The zero-order valence-electron chi connectivity index (χ0n) is 18.0.